The van der Waals surface area contributed by atoms with Gasteiger partial charge in [-0.1, -0.05) is 34.4 Å². The van der Waals surface area contributed by atoms with Crippen LogP contribution < -0.4 is 0 Å². The molecule has 0 bridgehead atoms. The molecule has 0 spiro atoms. The third kappa shape index (κ3) is 2.87. The molecule has 24 heavy (non-hydrogen) atoms. The minimum Gasteiger partial charge on any atom is -0.481 e. The number of carbonyl (C=O) groups is 2. The summed E-state index contributed by atoms with van der Waals surface area (Å²) in [5, 5.41) is 13.8. The number of rotatable bonds is 3. The van der Waals surface area contributed by atoms with Crippen molar-refractivity contribution in [1.82, 2.24) is 10.1 Å². The molecule has 1 unspecified atom stereocenters. The van der Waals surface area contributed by atoms with Crippen LogP contribution in [0.1, 0.15) is 22.5 Å². The molecule has 3 rings (SSSR count). The molecule has 1 aliphatic rings. The molecule has 1 atom stereocenters. The fourth-order valence-corrected chi connectivity index (χ4v) is 3.40. The first-order valence-corrected chi connectivity index (χ1v) is 8.08. The van der Waals surface area contributed by atoms with E-state index in [-0.39, 0.29) is 23.7 Å². The van der Waals surface area contributed by atoms with E-state index in [0.717, 1.165) is 0 Å². The van der Waals surface area contributed by atoms with E-state index in [1.807, 2.05) is 0 Å². The average Bonchev–Trinajstić information content (AvgIpc) is 3.14. The molecular weight excluding hydrogens is 355 g/mol. The second-order valence-corrected chi connectivity index (χ2v) is 6.45. The average molecular weight is 369 g/mol. The van der Waals surface area contributed by atoms with Crippen LogP contribution in [0.3, 0.4) is 0 Å². The molecule has 0 aliphatic carbocycles. The smallest absolute Gasteiger partial charge is 0.308 e. The van der Waals surface area contributed by atoms with Crippen LogP contribution in [0.2, 0.25) is 10.0 Å². The van der Waals surface area contributed by atoms with E-state index in [9.17, 15) is 9.59 Å². The van der Waals surface area contributed by atoms with Crippen LogP contribution in [0.4, 0.5) is 0 Å². The maximum atomic E-state index is 12.9. The maximum Gasteiger partial charge on any atom is 0.308 e. The number of nitrogens with zero attached hydrogens (tertiary/aromatic N) is 2. The number of halogens is 2. The third-order valence-electron chi connectivity index (χ3n) is 4.10. The third-order valence-corrected chi connectivity index (χ3v) is 4.73. The number of likely N-dealkylation sites (tertiary alicyclic amines) is 1. The molecule has 1 N–H and O–H groups in total. The second-order valence-electron chi connectivity index (χ2n) is 5.63. The molecule has 0 saturated carbocycles. The Bertz CT molecular complexity index is 798. The summed E-state index contributed by atoms with van der Waals surface area (Å²) in [6.07, 6.45) is 0.424. The second kappa shape index (κ2) is 6.45. The van der Waals surface area contributed by atoms with Gasteiger partial charge in [0.05, 0.1) is 16.0 Å². The highest BCUT2D eigenvalue weighted by Crippen LogP contribution is 2.37. The molecule has 126 valence electrons. The number of carboxylic acids is 1. The van der Waals surface area contributed by atoms with E-state index >= 15 is 0 Å². The summed E-state index contributed by atoms with van der Waals surface area (Å²) >= 11 is 12.4. The first-order chi connectivity index (χ1) is 11.4. The summed E-state index contributed by atoms with van der Waals surface area (Å²) < 4.78 is 5.18. The molecule has 1 saturated heterocycles. The van der Waals surface area contributed by atoms with E-state index in [4.69, 9.17) is 32.8 Å². The predicted octanol–water partition coefficient (Wildman–Crippen LogP) is 3.50. The van der Waals surface area contributed by atoms with Crippen molar-refractivity contribution in [3.8, 4) is 11.3 Å². The Morgan fingerprint density at radius 3 is 2.58 bits per heavy atom. The number of benzene rings is 1. The minimum absolute atomic E-state index is 0.161. The largest absolute Gasteiger partial charge is 0.481 e. The van der Waals surface area contributed by atoms with Gasteiger partial charge in [0.1, 0.15) is 17.0 Å². The molecule has 8 heteroatoms. The molecule has 1 fully saturated rings. The molecule has 0 radical (unpaired) electrons. The Morgan fingerprint density at radius 2 is 2.00 bits per heavy atom. The number of amides is 1. The number of carbonyl (C=O) groups excluding carboxylic acids is 1. The van der Waals surface area contributed by atoms with Gasteiger partial charge in [0.15, 0.2) is 0 Å². The highest BCUT2D eigenvalue weighted by Gasteiger charge is 2.35. The first kappa shape index (κ1) is 16.8. The van der Waals surface area contributed by atoms with Crippen molar-refractivity contribution in [2.75, 3.05) is 13.1 Å². The van der Waals surface area contributed by atoms with Crippen molar-refractivity contribution in [2.45, 2.75) is 13.3 Å². The van der Waals surface area contributed by atoms with Crippen molar-refractivity contribution in [3.05, 3.63) is 39.6 Å². The predicted molar refractivity (Wildman–Crippen MR) is 88.3 cm³/mol. The Balaban J connectivity index is 2.00. The molecule has 1 aromatic heterocycles. The monoisotopic (exact) mass is 368 g/mol. The summed E-state index contributed by atoms with van der Waals surface area (Å²) in [4.78, 5) is 25.5. The van der Waals surface area contributed by atoms with Crippen molar-refractivity contribution in [2.24, 2.45) is 5.92 Å². The van der Waals surface area contributed by atoms with Crippen LogP contribution in [0.15, 0.2) is 22.7 Å². The van der Waals surface area contributed by atoms with Crippen molar-refractivity contribution in [3.63, 3.8) is 0 Å². The topological polar surface area (TPSA) is 83.6 Å². The molecule has 1 aromatic carbocycles. The lowest BCUT2D eigenvalue weighted by atomic mass is 10.0. The number of hydrogen-bond acceptors (Lipinski definition) is 4. The van der Waals surface area contributed by atoms with Gasteiger partial charge in [-0.15, -0.1) is 0 Å². The number of carboxylic acid groups (broad SMARTS) is 1. The zero-order valence-electron chi connectivity index (χ0n) is 12.8. The Kier molecular flexibility index (Phi) is 4.51. The van der Waals surface area contributed by atoms with Crippen molar-refractivity contribution in [1.29, 1.82) is 0 Å². The molecule has 6 nitrogen and oxygen atoms in total. The lowest BCUT2D eigenvalue weighted by Crippen LogP contribution is -2.30. The quantitative estimate of drug-likeness (QED) is 0.895. The first-order valence-electron chi connectivity index (χ1n) is 7.33. The fourth-order valence-electron chi connectivity index (χ4n) is 2.82. The van der Waals surface area contributed by atoms with Gasteiger partial charge in [-0.3, -0.25) is 9.59 Å². The number of aliphatic carboxylic acids is 1. The van der Waals surface area contributed by atoms with Crippen LogP contribution in [-0.4, -0.2) is 40.1 Å². The van der Waals surface area contributed by atoms with Crippen LogP contribution in [0, 0.1) is 12.8 Å². The van der Waals surface area contributed by atoms with Gasteiger partial charge in [0.25, 0.3) is 5.91 Å². The van der Waals surface area contributed by atoms with E-state index in [0.29, 0.717) is 34.3 Å². The zero-order chi connectivity index (χ0) is 17.4. The van der Waals surface area contributed by atoms with Gasteiger partial charge in [-0.25, -0.2) is 0 Å². The summed E-state index contributed by atoms with van der Waals surface area (Å²) in [6, 6.07) is 5.00. The summed E-state index contributed by atoms with van der Waals surface area (Å²) in [6.45, 7) is 2.16. The number of hydrogen-bond donors (Lipinski definition) is 1. The standard InChI is InChI=1S/C16H14Cl2N2O4/c1-8-12(15(21)20-6-5-9(7-20)16(22)23)14(19-24-8)13-10(17)3-2-4-11(13)18/h2-4,9H,5-7H2,1H3,(H,22,23). The van der Waals surface area contributed by atoms with E-state index < -0.39 is 11.9 Å². The molecular formula is C16H14Cl2N2O4. The van der Waals surface area contributed by atoms with Gasteiger partial charge in [0.2, 0.25) is 0 Å². The normalized spacial score (nSPS) is 17.3. The lowest BCUT2D eigenvalue weighted by molar-refractivity contribution is -0.141. The molecule has 1 amide bonds. The van der Waals surface area contributed by atoms with Crippen LogP contribution >= 0.6 is 23.2 Å². The summed E-state index contributed by atoms with van der Waals surface area (Å²) in [5.41, 5.74) is 0.956. The van der Waals surface area contributed by atoms with Gasteiger partial charge in [-0.2, -0.15) is 0 Å². The summed E-state index contributed by atoms with van der Waals surface area (Å²) in [7, 11) is 0. The van der Waals surface area contributed by atoms with Gasteiger partial charge >= 0.3 is 5.97 Å². The van der Waals surface area contributed by atoms with Gasteiger partial charge < -0.3 is 14.5 Å². The van der Waals surface area contributed by atoms with Gasteiger partial charge in [-0.05, 0) is 25.5 Å². The number of aromatic nitrogens is 1. The Labute approximate surface area is 147 Å². The van der Waals surface area contributed by atoms with E-state index in [1.54, 1.807) is 25.1 Å². The van der Waals surface area contributed by atoms with Gasteiger partial charge in [0, 0.05) is 18.7 Å². The zero-order valence-corrected chi connectivity index (χ0v) is 14.3. The summed E-state index contributed by atoms with van der Waals surface area (Å²) in [5.74, 6) is -1.45. The van der Waals surface area contributed by atoms with Crippen LogP contribution in [0.25, 0.3) is 11.3 Å². The van der Waals surface area contributed by atoms with Crippen molar-refractivity contribution >= 4 is 35.1 Å². The van der Waals surface area contributed by atoms with Crippen LogP contribution in [0.5, 0.6) is 0 Å². The highest BCUT2D eigenvalue weighted by atomic mass is 35.5. The lowest BCUT2D eigenvalue weighted by Gasteiger charge is -2.16. The molecule has 1 aliphatic heterocycles. The molecule has 2 heterocycles. The fraction of sp³-hybridized carbons (Fsp3) is 0.312. The highest BCUT2D eigenvalue weighted by molar-refractivity contribution is 6.39. The van der Waals surface area contributed by atoms with Crippen molar-refractivity contribution < 1.29 is 19.2 Å². The Hall–Kier alpha value is -2.05. The molecule has 2 aromatic rings. The van der Waals surface area contributed by atoms with E-state index in [1.165, 1.54) is 4.90 Å². The Morgan fingerprint density at radius 1 is 1.33 bits per heavy atom. The van der Waals surface area contributed by atoms with E-state index in [2.05, 4.69) is 5.16 Å². The van der Waals surface area contributed by atoms with Crippen LogP contribution in [-0.2, 0) is 4.79 Å². The minimum atomic E-state index is -0.901. The maximum absolute atomic E-state index is 12.9. The SMILES string of the molecule is Cc1onc(-c2c(Cl)cccc2Cl)c1C(=O)N1CCC(C(=O)O)C1. The number of aryl methyl sites for hydroxylation is 1.